The van der Waals surface area contributed by atoms with Crippen molar-refractivity contribution in [3.8, 4) is 0 Å². The number of nitrogens with zero attached hydrogens (tertiary/aromatic N) is 3. The highest BCUT2D eigenvalue weighted by Gasteiger charge is 2.58. The molecular formula is C19H21N3O2S2. The van der Waals surface area contributed by atoms with Gasteiger partial charge in [0.25, 0.3) is 5.91 Å². The summed E-state index contributed by atoms with van der Waals surface area (Å²) in [4.78, 5) is 36.3. The molecule has 2 aromatic rings. The van der Waals surface area contributed by atoms with Gasteiger partial charge in [0, 0.05) is 48.6 Å². The fraction of sp³-hybridized carbons (Fsp3) is 0.421. The number of hydrogen-bond donors (Lipinski definition) is 0. The van der Waals surface area contributed by atoms with Crippen molar-refractivity contribution in [1.82, 2.24) is 14.8 Å². The lowest BCUT2D eigenvalue weighted by Crippen LogP contribution is -2.40. The van der Waals surface area contributed by atoms with Gasteiger partial charge >= 0.3 is 0 Å². The largest absolute Gasteiger partial charge is 0.338 e. The number of likely N-dealkylation sites (tertiary alicyclic amines) is 2. The number of amides is 2. The van der Waals surface area contributed by atoms with E-state index < -0.39 is 5.41 Å². The van der Waals surface area contributed by atoms with Gasteiger partial charge < -0.3 is 9.80 Å². The third kappa shape index (κ3) is 2.70. The van der Waals surface area contributed by atoms with Crippen molar-refractivity contribution in [1.29, 1.82) is 0 Å². The van der Waals surface area contributed by atoms with Gasteiger partial charge in [0.15, 0.2) is 0 Å². The Kier molecular flexibility index (Phi) is 4.44. The molecule has 2 aromatic heterocycles. The first-order valence-electron chi connectivity index (χ1n) is 8.70. The van der Waals surface area contributed by atoms with Crippen LogP contribution in [0.4, 0.5) is 0 Å². The summed E-state index contributed by atoms with van der Waals surface area (Å²) in [5.41, 5.74) is -0.553. The van der Waals surface area contributed by atoms with Crippen LogP contribution in [0.2, 0.25) is 0 Å². The Balaban J connectivity index is 1.67. The lowest BCUT2D eigenvalue weighted by molar-refractivity contribution is -0.135. The van der Waals surface area contributed by atoms with E-state index in [0.29, 0.717) is 26.2 Å². The van der Waals surface area contributed by atoms with E-state index in [-0.39, 0.29) is 17.7 Å². The molecule has 2 atom stereocenters. The fourth-order valence-electron chi connectivity index (χ4n) is 4.15. The molecule has 4 rings (SSSR count). The molecule has 0 unspecified atom stereocenters. The molecule has 136 valence electrons. The second-order valence-electron chi connectivity index (χ2n) is 6.96. The van der Waals surface area contributed by atoms with Crippen molar-refractivity contribution in [2.45, 2.75) is 19.3 Å². The molecule has 2 aliphatic heterocycles. The number of aryl methyl sites for hydroxylation is 1. The van der Waals surface area contributed by atoms with Crippen LogP contribution in [0.1, 0.15) is 31.9 Å². The summed E-state index contributed by atoms with van der Waals surface area (Å²) in [5, 5.41) is 2.90. The van der Waals surface area contributed by atoms with E-state index in [1.54, 1.807) is 23.6 Å². The normalized spacial score (nSPS) is 25.4. The van der Waals surface area contributed by atoms with Crippen LogP contribution in [-0.4, -0.2) is 52.8 Å². The van der Waals surface area contributed by atoms with E-state index in [4.69, 9.17) is 0 Å². The van der Waals surface area contributed by atoms with E-state index in [9.17, 15) is 9.59 Å². The number of carbonyl (C=O) groups excluding carboxylic acids is 2. The average molecular weight is 388 g/mol. The number of aromatic nitrogens is 1. The molecule has 0 radical (unpaired) electrons. The third-order valence-corrected chi connectivity index (χ3v) is 7.30. The highest BCUT2D eigenvalue weighted by atomic mass is 32.1. The Labute approximate surface area is 161 Å². The van der Waals surface area contributed by atoms with Gasteiger partial charge in [0.05, 0.1) is 15.3 Å². The van der Waals surface area contributed by atoms with Crippen LogP contribution in [0.5, 0.6) is 0 Å². The second-order valence-corrected chi connectivity index (χ2v) is 9.18. The maximum absolute atomic E-state index is 13.3. The van der Waals surface area contributed by atoms with Gasteiger partial charge in [-0.05, 0) is 25.5 Å². The maximum atomic E-state index is 13.3. The monoisotopic (exact) mass is 387 g/mol. The topological polar surface area (TPSA) is 53.5 Å². The molecule has 26 heavy (non-hydrogen) atoms. The first-order valence-corrected chi connectivity index (χ1v) is 10.4. The summed E-state index contributed by atoms with van der Waals surface area (Å²) >= 11 is 3.08. The molecule has 2 aliphatic rings. The Hall–Kier alpha value is -1.99. The lowest BCUT2D eigenvalue weighted by Gasteiger charge is -2.27. The minimum Gasteiger partial charge on any atom is -0.338 e. The third-order valence-electron chi connectivity index (χ3n) is 5.42. The zero-order chi connectivity index (χ0) is 18.3. The van der Waals surface area contributed by atoms with Crippen molar-refractivity contribution in [2.75, 3.05) is 26.2 Å². The molecule has 0 saturated carbocycles. The molecule has 0 aromatic carbocycles. The quantitative estimate of drug-likeness (QED) is 0.758. The maximum Gasteiger partial charge on any atom is 0.263 e. The number of rotatable bonds is 4. The minimum absolute atomic E-state index is 0.0245. The molecule has 7 heteroatoms. The van der Waals surface area contributed by atoms with Crippen LogP contribution in [0.25, 0.3) is 0 Å². The van der Waals surface area contributed by atoms with Crippen molar-refractivity contribution in [3.63, 3.8) is 0 Å². The zero-order valence-electron chi connectivity index (χ0n) is 14.7. The van der Waals surface area contributed by atoms with Crippen LogP contribution < -0.4 is 0 Å². The van der Waals surface area contributed by atoms with Crippen LogP contribution in [0.15, 0.2) is 36.4 Å². The Bertz CT molecular complexity index is 845. The van der Waals surface area contributed by atoms with Crippen molar-refractivity contribution in [2.24, 2.45) is 5.41 Å². The zero-order valence-corrected chi connectivity index (χ0v) is 16.3. The van der Waals surface area contributed by atoms with E-state index >= 15 is 0 Å². The Morgan fingerprint density at radius 2 is 2.35 bits per heavy atom. The summed E-state index contributed by atoms with van der Waals surface area (Å²) in [7, 11) is 0. The molecule has 0 N–H and O–H groups in total. The van der Waals surface area contributed by atoms with E-state index in [0.717, 1.165) is 21.2 Å². The highest BCUT2D eigenvalue weighted by Crippen LogP contribution is 2.50. The summed E-state index contributed by atoms with van der Waals surface area (Å²) in [5.74, 6) is 0.126. The van der Waals surface area contributed by atoms with Gasteiger partial charge in [-0.1, -0.05) is 6.08 Å². The summed E-state index contributed by atoms with van der Waals surface area (Å²) < 4.78 is 0. The average Bonchev–Trinajstić information content (AvgIpc) is 3.39. The SMILES string of the molecule is C=CCN1CC[C@@]2(CN(C(=O)c3ccc(C)s3)C[C@H]2c2nccs2)C1=O. The van der Waals surface area contributed by atoms with E-state index in [1.807, 2.05) is 34.2 Å². The number of carbonyl (C=O) groups is 2. The molecular weight excluding hydrogens is 366 g/mol. The summed E-state index contributed by atoms with van der Waals surface area (Å²) in [6.45, 7) is 8.06. The van der Waals surface area contributed by atoms with Crippen LogP contribution in [0, 0.1) is 12.3 Å². The molecule has 2 fully saturated rings. The fourth-order valence-corrected chi connectivity index (χ4v) is 5.83. The molecule has 2 amide bonds. The van der Waals surface area contributed by atoms with Gasteiger partial charge in [-0.2, -0.15) is 0 Å². The van der Waals surface area contributed by atoms with Gasteiger partial charge in [-0.15, -0.1) is 29.3 Å². The second kappa shape index (κ2) is 6.63. The number of thiophene rings is 1. The van der Waals surface area contributed by atoms with Gasteiger partial charge in [0.1, 0.15) is 0 Å². The smallest absolute Gasteiger partial charge is 0.263 e. The van der Waals surface area contributed by atoms with Gasteiger partial charge in [-0.3, -0.25) is 9.59 Å². The molecule has 0 bridgehead atoms. The first-order chi connectivity index (χ1) is 12.5. The first kappa shape index (κ1) is 17.4. The van der Waals surface area contributed by atoms with Crippen molar-refractivity contribution < 1.29 is 9.59 Å². The predicted molar refractivity (Wildman–Crippen MR) is 104 cm³/mol. The molecule has 4 heterocycles. The van der Waals surface area contributed by atoms with Crippen molar-refractivity contribution in [3.05, 3.63) is 51.1 Å². The molecule has 0 aliphatic carbocycles. The van der Waals surface area contributed by atoms with Crippen LogP contribution >= 0.6 is 22.7 Å². The number of thiazole rings is 1. The summed E-state index contributed by atoms with van der Waals surface area (Å²) in [6.07, 6.45) is 4.31. The van der Waals surface area contributed by atoms with Gasteiger partial charge in [-0.25, -0.2) is 4.98 Å². The molecule has 2 saturated heterocycles. The van der Waals surface area contributed by atoms with Crippen molar-refractivity contribution >= 4 is 34.5 Å². The molecule has 5 nitrogen and oxygen atoms in total. The number of hydrogen-bond acceptors (Lipinski definition) is 5. The summed E-state index contributed by atoms with van der Waals surface area (Å²) in [6, 6.07) is 3.85. The predicted octanol–water partition coefficient (Wildman–Crippen LogP) is 3.16. The van der Waals surface area contributed by atoms with Gasteiger partial charge in [0.2, 0.25) is 5.91 Å². The highest BCUT2D eigenvalue weighted by molar-refractivity contribution is 7.13. The van der Waals surface area contributed by atoms with Crippen LogP contribution in [0.3, 0.4) is 0 Å². The lowest BCUT2D eigenvalue weighted by atomic mass is 9.77. The standard InChI is InChI=1S/C19H21N3O2S2/c1-3-8-21-9-6-19(18(21)24)12-22(11-14(19)16-20-7-10-25-16)17(23)15-5-4-13(2)26-15/h3-5,7,10,14H,1,6,8-9,11-12H2,2H3/t14-,19-/m0/s1. The van der Waals surface area contributed by atoms with Crippen LogP contribution in [-0.2, 0) is 4.79 Å². The Morgan fingerprint density at radius 3 is 3.00 bits per heavy atom. The Morgan fingerprint density at radius 1 is 1.50 bits per heavy atom. The van der Waals surface area contributed by atoms with E-state index in [2.05, 4.69) is 11.6 Å². The minimum atomic E-state index is -0.553. The molecule has 1 spiro atoms. The van der Waals surface area contributed by atoms with E-state index in [1.165, 1.54) is 11.3 Å².